The molecule has 0 aliphatic heterocycles. The Morgan fingerprint density at radius 1 is 1.10 bits per heavy atom. The van der Waals surface area contributed by atoms with Crippen LogP contribution in [0.4, 0.5) is 0 Å². The number of nitrogens with one attached hydrogen (secondary N) is 1. The van der Waals surface area contributed by atoms with E-state index in [1.807, 2.05) is 32.0 Å². The maximum Gasteiger partial charge on any atom is 0.332 e. The molecule has 0 radical (unpaired) electrons. The molecule has 0 spiro atoms. The summed E-state index contributed by atoms with van der Waals surface area (Å²) in [5.74, 6) is 0.286. The van der Waals surface area contributed by atoms with Gasteiger partial charge in [-0.05, 0) is 54.1 Å². The fourth-order valence-corrected chi connectivity index (χ4v) is 4.15. The van der Waals surface area contributed by atoms with Crippen LogP contribution in [-0.4, -0.2) is 15.0 Å². The average Bonchev–Trinajstić information content (AvgIpc) is 3.41. The van der Waals surface area contributed by atoms with Crippen LogP contribution < -0.4 is 16.6 Å². The standard InChI is InChI=1S/C22H21N3O4S/c1-14-5-6-16(10-15(14)2)12-25-21(27)20-18(7-9-30-20)24(22(25)28)13-19(26)23-11-17-4-3-8-29-17/h3-10H,11-13H2,1-2H3,(H,23,26). The summed E-state index contributed by atoms with van der Waals surface area (Å²) in [4.78, 5) is 38.6. The van der Waals surface area contributed by atoms with Crippen molar-refractivity contribution in [2.45, 2.75) is 33.5 Å². The van der Waals surface area contributed by atoms with E-state index in [4.69, 9.17) is 4.42 Å². The number of aromatic nitrogens is 2. The molecule has 3 aromatic heterocycles. The van der Waals surface area contributed by atoms with E-state index in [0.29, 0.717) is 16.0 Å². The lowest BCUT2D eigenvalue weighted by molar-refractivity contribution is -0.121. The number of hydrogen-bond donors (Lipinski definition) is 1. The zero-order chi connectivity index (χ0) is 21.3. The van der Waals surface area contributed by atoms with Crippen LogP contribution in [0.15, 0.2) is 62.0 Å². The molecule has 1 aromatic carbocycles. The minimum absolute atomic E-state index is 0.153. The van der Waals surface area contributed by atoms with Gasteiger partial charge >= 0.3 is 5.69 Å². The van der Waals surface area contributed by atoms with Crippen LogP contribution in [0.1, 0.15) is 22.5 Å². The molecular formula is C22H21N3O4S. The molecule has 0 saturated heterocycles. The summed E-state index contributed by atoms with van der Waals surface area (Å²) < 4.78 is 8.21. The quantitative estimate of drug-likeness (QED) is 0.517. The van der Waals surface area contributed by atoms with Gasteiger partial charge in [0.25, 0.3) is 5.56 Å². The first-order chi connectivity index (χ1) is 14.4. The third-order valence-corrected chi connectivity index (χ3v) is 5.98. The molecule has 8 heteroatoms. The number of nitrogens with zero attached hydrogens (tertiary/aromatic N) is 2. The molecule has 3 heterocycles. The molecule has 0 unspecified atom stereocenters. The minimum atomic E-state index is -0.503. The zero-order valence-corrected chi connectivity index (χ0v) is 17.5. The molecule has 0 aliphatic carbocycles. The number of amides is 1. The second-order valence-electron chi connectivity index (χ2n) is 7.17. The molecule has 0 aliphatic rings. The van der Waals surface area contributed by atoms with Gasteiger partial charge < -0.3 is 9.73 Å². The van der Waals surface area contributed by atoms with Crippen LogP contribution in [0.5, 0.6) is 0 Å². The second-order valence-corrected chi connectivity index (χ2v) is 8.09. The van der Waals surface area contributed by atoms with E-state index in [-0.39, 0.29) is 31.1 Å². The van der Waals surface area contributed by atoms with E-state index in [1.54, 1.807) is 23.6 Å². The first-order valence-electron chi connectivity index (χ1n) is 9.50. The number of carbonyl (C=O) groups excluding carboxylic acids is 1. The van der Waals surface area contributed by atoms with E-state index in [2.05, 4.69) is 5.32 Å². The van der Waals surface area contributed by atoms with Crippen LogP contribution in [0.25, 0.3) is 10.2 Å². The molecule has 30 heavy (non-hydrogen) atoms. The molecule has 0 atom stereocenters. The van der Waals surface area contributed by atoms with Crippen LogP contribution >= 0.6 is 11.3 Å². The highest BCUT2D eigenvalue weighted by molar-refractivity contribution is 7.17. The van der Waals surface area contributed by atoms with Crippen molar-refractivity contribution in [2.75, 3.05) is 0 Å². The Morgan fingerprint density at radius 3 is 2.67 bits per heavy atom. The fraction of sp³-hybridized carbons (Fsp3) is 0.227. The Labute approximate surface area is 176 Å². The maximum absolute atomic E-state index is 13.2. The van der Waals surface area contributed by atoms with Crippen molar-refractivity contribution >= 4 is 27.5 Å². The maximum atomic E-state index is 13.2. The highest BCUT2D eigenvalue weighted by Gasteiger charge is 2.17. The Bertz CT molecular complexity index is 1330. The van der Waals surface area contributed by atoms with E-state index in [0.717, 1.165) is 16.7 Å². The van der Waals surface area contributed by atoms with Crippen molar-refractivity contribution in [2.24, 2.45) is 0 Å². The molecule has 0 saturated carbocycles. The van der Waals surface area contributed by atoms with Gasteiger partial charge in [0.2, 0.25) is 5.91 Å². The SMILES string of the molecule is Cc1ccc(Cn2c(=O)c3sccc3n(CC(=O)NCc3ccco3)c2=O)cc1C. The number of hydrogen-bond acceptors (Lipinski definition) is 5. The number of thiophene rings is 1. The van der Waals surface area contributed by atoms with Crippen molar-refractivity contribution in [1.29, 1.82) is 0 Å². The summed E-state index contributed by atoms with van der Waals surface area (Å²) in [6.45, 7) is 4.21. The van der Waals surface area contributed by atoms with Crippen LogP contribution in [0, 0.1) is 13.8 Å². The first-order valence-corrected chi connectivity index (χ1v) is 10.4. The van der Waals surface area contributed by atoms with E-state index in [1.165, 1.54) is 26.7 Å². The number of benzene rings is 1. The van der Waals surface area contributed by atoms with E-state index in [9.17, 15) is 14.4 Å². The fourth-order valence-electron chi connectivity index (χ4n) is 3.31. The summed E-state index contributed by atoms with van der Waals surface area (Å²) in [6.07, 6.45) is 1.53. The second kappa shape index (κ2) is 8.16. The van der Waals surface area contributed by atoms with Crippen LogP contribution in [0.2, 0.25) is 0 Å². The summed E-state index contributed by atoms with van der Waals surface area (Å²) in [5, 5.41) is 4.49. The van der Waals surface area contributed by atoms with Gasteiger partial charge in [0, 0.05) is 0 Å². The van der Waals surface area contributed by atoms with Gasteiger partial charge in [-0.3, -0.25) is 18.7 Å². The van der Waals surface area contributed by atoms with Gasteiger partial charge in [-0.15, -0.1) is 11.3 Å². The first kappa shape index (κ1) is 19.9. The summed E-state index contributed by atoms with van der Waals surface area (Å²) in [6, 6.07) is 11.0. The van der Waals surface area contributed by atoms with Crippen LogP contribution in [0.3, 0.4) is 0 Å². The number of furan rings is 1. The van der Waals surface area contributed by atoms with Crippen molar-refractivity contribution < 1.29 is 9.21 Å². The summed E-state index contributed by atoms with van der Waals surface area (Å²) >= 11 is 1.27. The van der Waals surface area contributed by atoms with Gasteiger partial charge in [0.1, 0.15) is 17.0 Å². The molecule has 4 rings (SSSR count). The smallest absolute Gasteiger partial charge is 0.332 e. The predicted octanol–water partition coefficient (Wildman–Crippen LogP) is 2.80. The highest BCUT2D eigenvalue weighted by Crippen LogP contribution is 2.16. The van der Waals surface area contributed by atoms with Crippen molar-refractivity contribution in [3.8, 4) is 0 Å². The third-order valence-electron chi connectivity index (χ3n) is 5.09. The van der Waals surface area contributed by atoms with E-state index >= 15 is 0 Å². The molecule has 1 N–H and O–H groups in total. The summed E-state index contributed by atoms with van der Waals surface area (Å²) in [5.41, 5.74) is 2.73. The van der Waals surface area contributed by atoms with Gasteiger partial charge in [-0.1, -0.05) is 18.2 Å². The van der Waals surface area contributed by atoms with Crippen molar-refractivity contribution in [3.63, 3.8) is 0 Å². The Morgan fingerprint density at radius 2 is 1.93 bits per heavy atom. The lowest BCUT2D eigenvalue weighted by Gasteiger charge is -2.13. The topological polar surface area (TPSA) is 86.2 Å². The molecule has 0 fully saturated rings. The van der Waals surface area contributed by atoms with Gasteiger partial charge in [0.05, 0.1) is 24.9 Å². The molecule has 1 amide bonds. The van der Waals surface area contributed by atoms with Crippen LogP contribution in [-0.2, 0) is 24.4 Å². The minimum Gasteiger partial charge on any atom is -0.467 e. The lowest BCUT2D eigenvalue weighted by Crippen LogP contribution is -2.42. The average molecular weight is 423 g/mol. The molecule has 154 valence electrons. The number of carbonyl (C=O) groups is 1. The zero-order valence-electron chi connectivity index (χ0n) is 16.7. The lowest BCUT2D eigenvalue weighted by atomic mass is 10.1. The largest absolute Gasteiger partial charge is 0.467 e. The molecule has 7 nitrogen and oxygen atoms in total. The van der Waals surface area contributed by atoms with E-state index < -0.39 is 5.69 Å². The van der Waals surface area contributed by atoms with Crippen molar-refractivity contribution in [3.05, 3.63) is 91.3 Å². The number of aryl methyl sites for hydroxylation is 2. The monoisotopic (exact) mass is 423 g/mol. The normalized spacial score (nSPS) is 11.1. The predicted molar refractivity (Wildman–Crippen MR) is 116 cm³/mol. The van der Waals surface area contributed by atoms with Gasteiger partial charge in [-0.25, -0.2) is 4.79 Å². The Kier molecular flexibility index (Phi) is 5.41. The highest BCUT2D eigenvalue weighted by atomic mass is 32.1. The van der Waals surface area contributed by atoms with Gasteiger partial charge in [0.15, 0.2) is 0 Å². The third kappa shape index (κ3) is 3.86. The molecule has 4 aromatic rings. The number of rotatable bonds is 6. The summed E-state index contributed by atoms with van der Waals surface area (Å²) in [7, 11) is 0. The Balaban J connectivity index is 1.68. The van der Waals surface area contributed by atoms with Crippen molar-refractivity contribution in [1.82, 2.24) is 14.5 Å². The Hall–Kier alpha value is -3.39. The molecule has 0 bridgehead atoms. The number of fused-ring (bicyclic) bond motifs is 1. The molecular weight excluding hydrogens is 402 g/mol. The van der Waals surface area contributed by atoms with Gasteiger partial charge in [-0.2, -0.15) is 0 Å².